The summed E-state index contributed by atoms with van der Waals surface area (Å²) >= 11 is 0. The summed E-state index contributed by atoms with van der Waals surface area (Å²) in [6.45, 7) is 4.15. The molecule has 0 radical (unpaired) electrons. The van der Waals surface area contributed by atoms with Crippen LogP contribution < -0.4 is 5.32 Å². The van der Waals surface area contributed by atoms with Gasteiger partial charge in [0.2, 0.25) is 0 Å². The van der Waals surface area contributed by atoms with E-state index in [1.54, 1.807) is 7.05 Å². The Bertz CT molecular complexity index is 402. The quantitative estimate of drug-likeness (QED) is 0.750. The van der Waals surface area contributed by atoms with E-state index in [9.17, 15) is 13.2 Å². The monoisotopic (exact) mass is 277 g/mol. The zero-order chi connectivity index (χ0) is 14.0. The van der Waals surface area contributed by atoms with Gasteiger partial charge in [-0.25, -0.2) is 8.42 Å². The number of carbonyl (C=O) groups excluding carboxylic acids is 1. The Morgan fingerprint density at radius 1 is 1.44 bits per heavy atom. The number of rotatable bonds is 5. The fourth-order valence-electron chi connectivity index (χ4n) is 2.78. The van der Waals surface area contributed by atoms with Crippen molar-refractivity contribution in [3.05, 3.63) is 0 Å². The molecule has 1 rings (SSSR count). The zero-order valence-electron chi connectivity index (χ0n) is 11.5. The van der Waals surface area contributed by atoms with Gasteiger partial charge in [0, 0.05) is 6.04 Å². The first-order valence-corrected chi connectivity index (χ1v) is 7.92. The molecular weight excluding hydrogens is 254 g/mol. The van der Waals surface area contributed by atoms with Gasteiger partial charge in [0.1, 0.15) is 0 Å². The number of methoxy groups -OCH3 is 1. The van der Waals surface area contributed by atoms with Crippen LogP contribution in [0.3, 0.4) is 0 Å². The highest BCUT2D eigenvalue weighted by molar-refractivity contribution is 7.92. The second-order valence-corrected chi connectivity index (χ2v) is 7.86. The number of hydrogen-bond donors (Lipinski definition) is 1. The van der Waals surface area contributed by atoms with Crippen molar-refractivity contribution in [3.63, 3.8) is 0 Å². The maximum atomic E-state index is 12.3. The van der Waals surface area contributed by atoms with Gasteiger partial charge in [0.25, 0.3) is 0 Å². The fraction of sp³-hybridized carbons (Fsp3) is 0.917. The summed E-state index contributed by atoms with van der Waals surface area (Å²) in [5.41, 5.74) is -0.0300. The maximum Gasteiger partial charge on any atom is 0.306 e. The van der Waals surface area contributed by atoms with Crippen LogP contribution in [0.5, 0.6) is 0 Å². The van der Waals surface area contributed by atoms with Gasteiger partial charge in [0.05, 0.1) is 24.5 Å². The van der Waals surface area contributed by atoms with Crippen molar-refractivity contribution in [1.82, 2.24) is 5.32 Å². The lowest BCUT2D eigenvalue weighted by molar-refractivity contribution is -0.140. The molecule has 0 bridgehead atoms. The molecule has 0 amide bonds. The average molecular weight is 277 g/mol. The highest BCUT2D eigenvalue weighted by Crippen LogP contribution is 2.40. The molecule has 1 saturated carbocycles. The number of esters is 1. The first kappa shape index (κ1) is 15.4. The summed E-state index contributed by atoms with van der Waals surface area (Å²) in [7, 11) is -0.201. The molecule has 6 heteroatoms. The Kier molecular flexibility index (Phi) is 4.78. The van der Waals surface area contributed by atoms with E-state index < -0.39 is 21.1 Å². The molecule has 0 aromatic heterocycles. The van der Waals surface area contributed by atoms with Crippen LogP contribution in [0.2, 0.25) is 0 Å². The molecule has 0 saturated heterocycles. The molecule has 106 valence electrons. The second kappa shape index (κ2) is 5.57. The van der Waals surface area contributed by atoms with Crippen LogP contribution in [-0.2, 0) is 19.4 Å². The molecule has 2 atom stereocenters. The average Bonchev–Trinajstić information content (AvgIpc) is 2.61. The maximum absolute atomic E-state index is 12.3. The molecule has 0 aromatic rings. The van der Waals surface area contributed by atoms with Gasteiger partial charge in [-0.2, -0.15) is 0 Å². The third-order valence-corrected chi connectivity index (χ3v) is 6.08. The smallest absolute Gasteiger partial charge is 0.306 e. The molecule has 0 spiro atoms. The van der Waals surface area contributed by atoms with Gasteiger partial charge in [-0.1, -0.05) is 13.8 Å². The summed E-state index contributed by atoms with van der Waals surface area (Å²) in [6.07, 6.45) is 1.47. The molecule has 1 fully saturated rings. The fourth-order valence-corrected chi connectivity index (χ4v) is 4.93. The molecule has 18 heavy (non-hydrogen) atoms. The van der Waals surface area contributed by atoms with Gasteiger partial charge in [-0.05, 0) is 25.3 Å². The Hall–Kier alpha value is -0.620. The van der Waals surface area contributed by atoms with E-state index in [-0.39, 0.29) is 23.6 Å². The zero-order valence-corrected chi connectivity index (χ0v) is 12.3. The summed E-state index contributed by atoms with van der Waals surface area (Å²) in [5, 5.41) is 2.72. The van der Waals surface area contributed by atoms with Crippen molar-refractivity contribution in [2.45, 2.75) is 44.4 Å². The molecule has 1 aliphatic carbocycles. The van der Waals surface area contributed by atoms with Gasteiger partial charge in [-0.3, -0.25) is 4.79 Å². The number of hydrogen-bond acceptors (Lipinski definition) is 5. The molecule has 5 nitrogen and oxygen atoms in total. The highest BCUT2D eigenvalue weighted by Gasteiger charge is 2.46. The first-order chi connectivity index (χ1) is 8.24. The van der Waals surface area contributed by atoms with Crippen molar-refractivity contribution in [2.75, 3.05) is 19.9 Å². The first-order valence-electron chi connectivity index (χ1n) is 6.20. The van der Waals surface area contributed by atoms with Crippen LogP contribution in [0.25, 0.3) is 0 Å². The highest BCUT2D eigenvalue weighted by atomic mass is 32.2. The second-order valence-electron chi connectivity index (χ2n) is 5.53. The minimum Gasteiger partial charge on any atom is -0.469 e. The van der Waals surface area contributed by atoms with Crippen LogP contribution >= 0.6 is 0 Å². The predicted molar refractivity (Wildman–Crippen MR) is 70.1 cm³/mol. The molecule has 0 aromatic carbocycles. The Morgan fingerprint density at radius 2 is 2.06 bits per heavy atom. The summed E-state index contributed by atoms with van der Waals surface area (Å²) in [4.78, 5) is 11.0. The largest absolute Gasteiger partial charge is 0.469 e. The van der Waals surface area contributed by atoms with Crippen LogP contribution in [-0.4, -0.2) is 45.6 Å². The molecule has 2 unspecified atom stereocenters. The number of carbonyl (C=O) groups is 1. The molecular formula is C12H23NO4S. The standard InChI is InChI=1S/C12H23NO4S/c1-12(2)7-5-9(11(12)13-3)18(15,16)8-6-10(14)17-4/h9,11,13H,5-8H2,1-4H3. The Balaban J connectivity index is 2.77. The van der Waals surface area contributed by atoms with Crippen molar-refractivity contribution in [2.24, 2.45) is 5.41 Å². The van der Waals surface area contributed by atoms with Gasteiger partial charge < -0.3 is 10.1 Å². The van der Waals surface area contributed by atoms with E-state index in [4.69, 9.17) is 0 Å². The van der Waals surface area contributed by atoms with Gasteiger partial charge in [-0.15, -0.1) is 0 Å². The van der Waals surface area contributed by atoms with Gasteiger partial charge in [0.15, 0.2) is 9.84 Å². The minimum absolute atomic E-state index is 0.0300. The van der Waals surface area contributed by atoms with Crippen molar-refractivity contribution < 1.29 is 17.9 Å². The van der Waals surface area contributed by atoms with Crippen LogP contribution in [0, 0.1) is 5.41 Å². The summed E-state index contributed by atoms with van der Waals surface area (Å²) in [5.74, 6) is -0.602. The normalized spacial score (nSPS) is 27.1. The molecule has 1 aliphatic rings. The SMILES string of the molecule is CNC1C(S(=O)(=O)CCC(=O)OC)CCC1(C)C. The summed E-state index contributed by atoms with van der Waals surface area (Å²) in [6, 6.07) is -0.0554. The van der Waals surface area contributed by atoms with E-state index >= 15 is 0 Å². The van der Waals surface area contributed by atoms with Crippen molar-refractivity contribution in [1.29, 1.82) is 0 Å². The van der Waals surface area contributed by atoms with E-state index in [1.807, 2.05) is 0 Å². The Labute approximate surface area is 109 Å². The van der Waals surface area contributed by atoms with E-state index in [0.717, 1.165) is 6.42 Å². The topological polar surface area (TPSA) is 72.5 Å². The van der Waals surface area contributed by atoms with Crippen LogP contribution in [0.1, 0.15) is 33.1 Å². The van der Waals surface area contributed by atoms with E-state index in [1.165, 1.54) is 7.11 Å². The molecule has 1 N–H and O–H groups in total. The number of ether oxygens (including phenoxy) is 1. The van der Waals surface area contributed by atoms with Crippen LogP contribution in [0.15, 0.2) is 0 Å². The lowest BCUT2D eigenvalue weighted by Crippen LogP contribution is -2.46. The third kappa shape index (κ3) is 3.23. The molecule has 0 heterocycles. The van der Waals surface area contributed by atoms with Gasteiger partial charge >= 0.3 is 5.97 Å². The Morgan fingerprint density at radius 3 is 2.56 bits per heavy atom. The van der Waals surface area contributed by atoms with Crippen LogP contribution in [0.4, 0.5) is 0 Å². The number of sulfone groups is 1. The third-order valence-electron chi connectivity index (χ3n) is 3.88. The lowest BCUT2D eigenvalue weighted by Gasteiger charge is -2.30. The van der Waals surface area contributed by atoms with Crippen molar-refractivity contribution >= 4 is 15.8 Å². The predicted octanol–water partition coefficient (Wildman–Crippen LogP) is 0.741. The lowest BCUT2D eigenvalue weighted by atomic mass is 9.87. The molecule has 0 aliphatic heterocycles. The minimum atomic E-state index is -3.26. The van der Waals surface area contributed by atoms with Crippen molar-refractivity contribution in [3.8, 4) is 0 Å². The number of nitrogens with one attached hydrogen (secondary N) is 1. The van der Waals surface area contributed by atoms with E-state index in [0.29, 0.717) is 6.42 Å². The summed E-state index contributed by atoms with van der Waals surface area (Å²) < 4.78 is 29.0. The van der Waals surface area contributed by atoms with E-state index in [2.05, 4.69) is 23.9 Å².